The molecule has 0 aliphatic carbocycles. The Bertz CT molecular complexity index is 1400. The molecule has 0 saturated heterocycles. The summed E-state index contributed by atoms with van der Waals surface area (Å²) in [5, 5.41) is 10.9. The van der Waals surface area contributed by atoms with Gasteiger partial charge in [-0.15, -0.1) is 11.3 Å². The average Bonchev–Trinajstić information content (AvgIpc) is 3.64. The first-order valence-corrected chi connectivity index (χ1v) is 18.3. The summed E-state index contributed by atoms with van der Waals surface area (Å²) in [5.41, 5.74) is 9.87. The fourth-order valence-corrected chi connectivity index (χ4v) is 8.79. The number of thiol groups is 4. The van der Waals surface area contributed by atoms with Crippen LogP contribution in [0.5, 0.6) is 0 Å². The van der Waals surface area contributed by atoms with Crippen molar-refractivity contribution in [1.82, 2.24) is 0 Å². The van der Waals surface area contributed by atoms with Crippen LogP contribution < -0.4 is 0 Å². The van der Waals surface area contributed by atoms with Crippen molar-refractivity contribution >= 4 is 104 Å². The minimum atomic E-state index is 0.796. The van der Waals surface area contributed by atoms with Gasteiger partial charge in [-0.2, -0.15) is 50.5 Å². The second-order valence-corrected chi connectivity index (χ2v) is 13.5. The normalized spacial score (nSPS) is 12.2. The van der Waals surface area contributed by atoms with E-state index in [2.05, 4.69) is 31.4 Å². The maximum atomic E-state index is 6.31. The van der Waals surface area contributed by atoms with Crippen molar-refractivity contribution in [2.24, 2.45) is 0 Å². The topological polar surface area (TPSA) is 13.1 Å². The molecular formula is C34H42OS5. The molecule has 3 aromatic carbocycles. The molecule has 0 spiro atoms. The molecule has 0 radical (unpaired) electrons. The van der Waals surface area contributed by atoms with Crippen molar-refractivity contribution in [3.8, 4) is 0 Å². The Labute approximate surface area is 265 Å². The summed E-state index contributed by atoms with van der Waals surface area (Å²) < 4.78 is 7.76. The third kappa shape index (κ3) is 5.34. The molecule has 0 aliphatic rings. The number of unbranched alkanes of at least 4 members (excludes halogenated alkanes) is 2. The monoisotopic (exact) mass is 626 g/mol. The Morgan fingerprint density at radius 1 is 0.575 bits per heavy atom. The van der Waals surface area contributed by atoms with Crippen LogP contribution in [0.2, 0.25) is 0 Å². The second-order valence-electron chi connectivity index (χ2n) is 10.8. The summed E-state index contributed by atoms with van der Waals surface area (Å²) in [6.45, 7) is 4.62. The predicted molar refractivity (Wildman–Crippen MR) is 194 cm³/mol. The minimum absolute atomic E-state index is 0.796. The summed E-state index contributed by atoms with van der Waals surface area (Å²) in [4.78, 5) is 0. The third-order valence-corrected chi connectivity index (χ3v) is 10.3. The Kier molecular flexibility index (Phi) is 10.7. The molecule has 214 valence electrons. The lowest BCUT2D eigenvalue weighted by Crippen LogP contribution is -2.08. The van der Waals surface area contributed by atoms with Gasteiger partial charge in [-0.3, -0.25) is 0 Å². The van der Waals surface area contributed by atoms with Crippen LogP contribution in [0.4, 0.5) is 0 Å². The van der Waals surface area contributed by atoms with Gasteiger partial charge in [0.15, 0.2) is 0 Å². The van der Waals surface area contributed by atoms with Crippen LogP contribution in [0, 0.1) is 0 Å². The summed E-state index contributed by atoms with van der Waals surface area (Å²) in [6.07, 6.45) is 12.5. The Morgan fingerprint density at radius 3 is 1.65 bits per heavy atom. The molecule has 0 atom stereocenters. The number of benzene rings is 3. The first-order valence-electron chi connectivity index (χ1n) is 14.9. The first kappa shape index (κ1) is 30.5. The van der Waals surface area contributed by atoms with Crippen LogP contribution in [0.3, 0.4) is 0 Å². The van der Waals surface area contributed by atoms with Gasteiger partial charge in [-0.1, -0.05) is 26.7 Å². The van der Waals surface area contributed by atoms with Gasteiger partial charge in [0.2, 0.25) is 0 Å². The van der Waals surface area contributed by atoms with Gasteiger partial charge in [0.25, 0.3) is 0 Å². The van der Waals surface area contributed by atoms with Crippen LogP contribution in [0.1, 0.15) is 72.9 Å². The van der Waals surface area contributed by atoms with Gasteiger partial charge in [-0.25, -0.2) is 0 Å². The van der Waals surface area contributed by atoms with Crippen molar-refractivity contribution < 1.29 is 4.42 Å². The highest BCUT2D eigenvalue weighted by molar-refractivity contribution is 7.80. The number of furan rings is 1. The van der Waals surface area contributed by atoms with Gasteiger partial charge in [0, 0.05) is 15.6 Å². The largest absolute Gasteiger partial charge is 0.464 e. The van der Waals surface area contributed by atoms with Crippen molar-refractivity contribution in [3.05, 3.63) is 57.2 Å². The fourth-order valence-electron chi connectivity index (χ4n) is 6.89. The van der Waals surface area contributed by atoms with E-state index in [9.17, 15) is 0 Å². The molecule has 6 heteroatoms. The van der Waals surface area contributed by atoms with Crippen LogP contribution in [0.15, 0.2) is 28.2 Å². The summed E-state index contributed by atoms with van der Waals surface area (Å²) in [5.74, 6) is 3.30. The molecular weight excluding hydrogens is 585 g/mol. The zero-order chi connectivity index (χ0) is 28.2. The molecule has 0 N–H and O–H groups in total. The Morgan fingerprint density at radius 2 is 1.07 bits per heavy atom. The van der Waals surface area contributed by atoms with E-state index in [1.54, 1.807) is 5.56 Å². The maximum Gasteiger partial charge on any atom is 0.137 e. The van der Waals surface area contributed by atoms with Crippen LogP contribution in [-0.4, -0.2) is 23.0 Å². The van der Waals surface area contributed by atoms with E-state index in [0.717, 1.165) is 67.1 Å². The van der Waals surface area contributed by atoms with Gasteiger partial charge in [0.05, 0.1) is 6.26 Å². The van der Waals surface area contributed by atoms with Crippen LogP contribution >= 0.6 is 61.9 Å². The number of hydrogen-bond donors (Lipinski definition) is 4. The fraction of sp³-hybridized carbons (Fsp3) is 0.471. The number of rotatable bonds is 14. The Balaban J connectivity index is 2.17. The molecule has 40 heavy (non-hydrogen) atoms. The molecule has 0 fully saturated rings. The highest BCUT2D eigenvalue weighted by Crippen LogP contribution is 2.48. The van der Waals surface area contributed by atoms with E-state index in [4.69, 9.17) is 54.9 Å². The van der Waals surface area contributed by atoms with E-state index in [1.165, 1.54) is 90.5 Å². The van der Waals surface area contributed by atoms with E-state index in [0.29, 0.717) is 0 Å². The van der Waals surface area contributed by atoms with Gasteiger partial charge in [-0.05, 0) is 147 Å². The van der Waals surface area contributed by atoms with E-state index >= 15 is 0 Å². The van der Waals surface area contributed by atoms with Crippen molar-refractivity contribution in [1.29, 1.82) is 0 Å². The van der Waals surface area contributed by atoms with Crippen molar-refractivity contribution in [2.45, 2.75) is 78.1 Å². The highest BCUT2D eigenvalue weighted by atomic mass is 32.1. The van der Waals surface area contributed by atoms with Crippen LogP contribution in [-0.2, 0) is 38.5 Å². The SMILES string of the molecule is CCCCc1c2c(CCS)c3ccsc3c(CCS)c2c(CCCC)c2c(CCS)c3ccoc3c(CCS)c12. The highest BCUT2D eigenvalue weighted by Gasteiger charge is 2.27. The Hall–Kier alpha value is -0.920. The summed E-state index contributed by atoms with van der Waals surface area (Å²) in [6, 6.07) is 4.55. The number of aryl methyl sites for hydroxylation is 6. The van der Waals surface area contributed by atoms with E-state index in [-0.39, 0.29) is 0 Å². The summed E-state index contributed by atoms with van der Waals surface area (Å²) in [7, 11) is 0. The smallest absolute Gasteiger partial charge is 0.137 e. The number of hydrogen-bond acceptors (Lipinski definition) is 6. The molecule has 1 nitrogen and oxygen atoms in total. The number of thiophene rings is 1. The minimum Gasteiger partial charge on any atom is -0.464 e. The lowest BCUT2D eigenvalue weighted by molar-refractivity contribution is 0.612. The molecule has 0 aliphatic heterocycles. The van der Waals surface area contributed by atoms with Crippen LogP contribution in [0.25, 0.3) is 42.6 Å². The third-order valence-electron chi connectivity index (χ3n) is 8.45. The molecule has 2 aromatic heterocycles. The number of fused-ring (bicyclic) bond motifs is 4. The van der Waals surface area contributed by atoms with E-state index < -0.39 is 0 Å². The second kappa shape index (κ2) is 14.0. The van der Waals surface area contributed by atoms with Crippen molar-refractivity contribution in [2.75, 3.05) is 23.0 Å². The molecule has 0 unspecified atom stereocenters. The molecule has 5 aromatic rings. The lowest BCUT2D eigenvalue weighted by atomic mass is 9.78. The van der Waals surface area contributed by atoms with E-state index in [1.807, 2.05) is 17.6 Å². The summed E-state index contributed by atoms with van der Waals surface area (Å²) >= 11 is 21.0. The standard InChI is InChI=1S/C34H42OS5/c1-3-5-7-25-30-22(11-17-37)24-14-20-40-34(24)28(13-19-39)32(30)26(8-6-4-2)29-21(10-16-36)23-9-15-35-33(23)27(12-18-38)31(25)29/h9,14-15,20,36-39H,3-8,10-13,16-19H2,1-2H3. The first-order chi connectivity index (χ1) is 19.7. The molecule has 0 saturated carbocycles. The molecule has 2 heterocycles. The van der Waals surface area contributed by atoms with Gasteiger partial charge in [0.1, 0.15) is 5.58 Å². The zero-order valence-electron chi connectivity index (χ0n) is 23.8. The predicted octanol–water partition coefficient (Wildman–Crippen LogP) is 10.5. The van der Waals surface area contributed by atoms with Gasteiger partial charge >= 0.3 is 0 Å². The quantitative estimate of drug-likeness (QED) is 0.0711. The molecule has 0 amide bonds. The average molecular weight is 627 g/mol. The van der Waals surface area contributed by atoms with Gasteiger partial charge < -0.3 is 4.42 Å². The zero-order valence-corrected chi connectivity index (χ0v) is 28.2. The lowest BCUT2D eigenvalue weighted by Gasteiger charge is -2.26. The maximum absolute atomic E-state index is 6.31. The van der Waals surface area contributed by atoms with Crippen molar-refractivity contribution in [3.63, 3.8) is 0 Å². The molecule has 0 bridgehead atoms. The molecule has 5 rings (SSSR count).